The monoisotopic (exact) mass is 345 g/mol. The van der Waals surface area contributed by atoms with Gasteiger partial charge in [-0.15, -0.1) is 10.2 Å². The number of nitrogens with one attached hydrogen (secondary N) is 1. The molecule has 2 aromatic carbocycles. The maximum Gasteiger partial charge on any atom is 0.290 e. The van der Waals surface area contributed by atoms with E-state index in [9.17, 15) is 4.79 Å². The molecule has 2 aromatic heterocycles. The Bertz CT molecular complexity index is 1010. The number of carbonyl (C=O) groups excluding carboxylic acids is 1. The minimum Gasteiger partial charge on any atom is -0.350 e. The molecule has 1 N–H and O–H groups in total. The van der Waals surface area contributed by atoms with Crippen molar-refractivity contribution >= 4 is 5.91 Å². The maximum atomic E-state index is 12.3. The Hall–Kier alpha value is -3.74. The summed E-state index contributed by atoms with van der Waals surface area (Å²) < 4.78 is 6.98. The molecule has 0 aliphatic heterocycles. The summed E-state index contributed by atoms with van der Waals surface area (Å²) in [6.45, 7) is 0.217. The third-order valence-corrected chi connectivity index (χ3v) is 3.86. The van der Waals surface area contributed by atoms with Crippen molar-refractivity contribution in [3.63, 3.8) is 0 Å². The first-order chi connectivity index (χ1) is 12.8. The largest absolute Gasteiger partial charge is 0.350 e. The topological polar surface area (TPSA) is 85.8 Å². The van der Waals surface area contributed by atoms with Crippen molar-refractivity contribution in [2.24, 2.45) is 0 Å². The van der Waals surface area contributed by atoms with Crippen LogP contribution in [0.1, 0.15) is 16.4 Å². The van der Waals surface area contributed by atoms with Crippen LogP contribution in [0, 0.1) is 0 Å². The molecule has 0 saturated heterocycles. The fourth-order valence-electron chi connectivity index (χ4n) is 2.56. The Morgan fingerprint density at radius 3 is 2.54 bits per heavy atom. The summed E-state index contributed by atoms with van der Waals surface area (Å²) in [6, 6.07) is 20.8. The molecule has 4 aromatic rings. The van der Waals surface area contributed by atoms with Gasteiger partial charge in [-0.25, -0.2) is 0 Å². The number of hydrogen-bond donors (Lipinski definition) is 1. The van der Waals surface area contributed by atoms with E-state index in [0.717, 1.165) is 11.3 Å². The lowest BCUT2D eigenvalue weighted by Crippen LogP contribution is -2.24. The average Bonchev–Trinajstić information content (AvgIpc) is 3.37. The van der Waals surface area contributed by atoms with Crippen LogP contribution in [0.2, 0.25) is 0 Å². The third kappa shape index (κ3) is 3.23. The summed E-state index contributed by atoms with van der Waals surface area (Å²) in [6.07, 6.45) is 1.61. The number of rotatable bonds is 5. The maximum absolute atomic E-state index is 12.3. The van der Waals surface area contributed by atoms with E-state index >= 15 is 0 Å². The number of hydrogen-bond acceptors (Lipinski definition) is 5. The van der Waals surface area contributed by atoms with E-state index in [1.807, 2.05) is 65.2 Å². The minimum absolute atomic E-state index is 0.148. The van der Waals surface area contributed by atoms with E-state index in [2.05, 4.69) is 20.7 Å². The molecule has 1 amide bonds. The third-order valence-electron chi connectivity index (χ3n) is 3.86. The molecule has 7 heteroatoms. The summed E-state index contributed by atoms with van der Waals surface area (Å²) in [7, 11) is 0. The van der Waals surface area contributed by atoms with Crippen LogP contribution in [0.3, 0.4) is 0 Å². The van der Waals surface area contributed by atoms with Gasteiger partial charge in [-0.3, -0.25) is 9.36 Å². The quantitative estimate of drug-likeness (QED) is 0.601. The molecule has 4 rings (SSSR count). The van der Waals surface area contributed by atoms with E-state index in [1.165, 1.54) is 0 Å². The highest BCUT2D eigenvalue weighted by Gasteiger charge is 2.15. The highest BCUT2D eigenvalue weighted by molar-refractivity contribution is 5.92. The Morgan fingerprint density at radius 1 is 1.04 bits per heavy atom. The zero-order chi connectivity index (χ0) is 17.8. The Morgan fingerprint density at radius 2 is 1.77 bits per heavy atom. The number of aromatic nitrogens is 4. The predicted molar refractivity (Wildman–Crippen MR) is 94.5 cm³/mol. The van der Waals surface area contributed by atoms with E-state index < -0.39 is 0 Å². The van der Waals surface area contributed by atoms with Gasteiger partial charge in [-0.05, 0) is 12.1 Å². The molecule has 0 radical (unpaired) electrons. The zero-order valence-corrected chi connectivity index (χ0v) is 13.7. The van der Waals surface area contributed by atoms with Crippen LogP contribution in [-0.2, 0) is 6.54 Å². The van der Waals surface area contributed by atoms with Crippen LogP contribution >= 0.6 is 0 Å². The van der Waals surface area contributed by atoms with Crippen molar-refractivity contribution in [3.8, 4) is 16.9 Å². The molecular weight excluding hydrogens is 330 g/mol. The van der Waals surface area contributed by atoms with Gasteiger partial charge in [0.05, 0.1) is 6.54 Å². The summed E-state index contributed by atoms with van der Waals surface area (Å²) in [5, 5.41) is 14.7. The van der Waals surface area contributed by atoms with Crippen LogP contribution < -0.4 is 5.32 Å². The number of para-hydroxylation sites is 1. The summed E-state index contributed by atoms with van der Waals surface area (Å²) in [5.74, 6) is 0.407. The second-order valence-electron chi connectivity index (χ2n) is 5.58. The first-order valence-electron chi connectivity index (χ1n) is 8.06. The highest BCUT2D eigenvalue weighted by atomic mass is 16.5. The summed E-state index contributed by atoms with van der Waals surface area (Å²) in [5.41, 5.74) is 2.43. The zero-order valence-electron chi connectivity index (χ0n) is 13.7. The molecule has 0 bridgehead atoms. The van der Waals surface area contributed by atoms with E-state index in [0.29, 0.717) is 11.5 Å². The number of benzene rings is 2. The molecular formula is C19H15N5O2. The van der Waals surface area contributed by atoms with E-state index in [-0.39, 0.29) is 18.2 Å². The minimum atomic E-state index is -0.359. The molecule has 7 nitrogen and oxygen atoms in total. The fraction of sp³-hybridized carbons (Fsp3) is 0.0526. The van der Waals surface area contributed by atoms with Gasteiger partial charge in [0.25, 0.3) is 5.91 Å². The van der Waals surface area contributed by atoms with Gasteiger partial charge in [-0.1, -0.05) is 53.7 Å². The number of amides is 1. The molecule has 2 heterocycles. The van der Waals surface area contributed by atoms with Gasteiger partial charge in [0, 0.05) is 17.3 Å². The molecule has 0 unspecified atom stereocenters. The summed E-state index contributed by atoms with van der Waals surface area (Å²) >= 11 is 0. The van der Waals surface area contributed by atoms with Crippen molar-refractivity contribution < 1.29 is 9.32 Å². The predicted octanol–water partition coefficient (Wildman–Crippen LogP) is 2.85. The SMILES string of the molecule is O=C(NCc1nncn1-c1ccccc1)c1cc(-c2ccccc2)no1. The lowest BCUT2D eigenvalue weighted by atomic mass is 10.1. The molecule has 0 fully saturated rings. The highest BCUT2D eigenvalue weighted by Crippen LogP contribution is 2.18. The van der Waals surface area contributed by atoms with Gasteiger partial charge in [0.1, 0.15) is 12.0 Å². The van der Waals surface area contributed by atoms with Crippen LogP contribution in [0.5, 0.6) is 0 Å². The molecule has 0 spiro atoms. The fourth-order valence-corrected chi connectivity index (χ4v) is 2.56. The first-order valence-corrected chi connectivity index (χ1v) is 8.06. The van der Waals surface area contributed by atoms with Gasteiger partial charge >= 0.3 is 0 Å². The van der Waals surface area contributed by atoms with Gasteiger partial charge in [0.2, 0.25) is 5.76 Å². The average molecular weight is 345 g/mol. The molecule has 0 aliphatic rings. The van der Waals surface area contributed by atoms with Crippen molar-refractivity contribution in [1.29, 1.82) is 0 Å². The van der Waals surface area contributed by atoms with Crippen LogP contribution in [0.25, 0.3) is 16.9 Å². The van der Waals surface area contributed by atoms with E-state index in [4.69, 9.17) is 4.52 Å². The molecule has 0 aliphatic carbocycles. The number of carbonyl (C=O) groups is 1. The molecule has 128 valence electrons. The second-order valence-corrected chi connectivity index (χ2v) is 5.58. The van der Waals surface area contributed by atoms with Crippen molar-refractivity contribution in [1.82, 2.24) is 25.2 Å². The van der Waals surface area contributed by atoms with Gasteiger partial charge < -0.3 is 9.84 Å². The Labute approximate surface area is 149 Å². The number of nitrogens with zero attached hydrogens (tertiary/aromatic N) is 4. The standard InChI is InChI=1S/C19H15N5O2/c25-19(17-11-16(23-26-17)14-7-3-1-4-8-14)20-12-18-22-21-13-24(18)15-9-5-2-6-10-15/h1-11,13H,12H2,(H,20,25). The lowest BCUT2D eigenvalue weighted by Gasteiger charge is -2.06. The van der Waals surface area contributed by atoms with Crippen LogP contribution in [0.15, 0.2) is 77.6 Å². The van der Waals surface area contributed by atoms with Crippen molar-refractivity contribution in [2.45, 2.75) is 6.54 Å². The molecule has 0 saturated carbocycles. The van der Waals surface area contributed by atoms with E-state index in [1.54, 1.807) is 12.4 Å². The molecule has 26 heavy (non-hydrogen) atoms. The normalized spacial score (nSPS) is 10.6. The Balaban J connectivity index is 1.46. The second kappa shape index (κ2) is 7.02. The lowest BCUT2D eigenvalue weighted by molar-refractivity contribution is 0.0913. The van der Waals surface area contributed by atoms with Crippen LogP contribution in [-0.4, -0.2) is 25.8 Å². The molecule has 0 atom stereocenters. The van der Waals surface area contributed by atoms with Gasteiger partial charge in [-0.2, -0.15) is 0 Å². The van der Waals surface area contributed by atoms with Crippen molar-refractivity contribution in [3.05, 3.63) is 84.6 Å². The smallest absolute Gasteiger partial charge is 0.290 e. The van der Waals surface area contributed by atoms with Gasteiger partial charge in [0.15, 0.2) is 5.82 Å². The first kappa shape index (κ1) is 15.8. The Kier molecular flexibility index (Phi) is 4.26. The summed E-state index contributed by atoms with van der Waals surface area (Å²) in [4.78, 5) is 12.3. The van der Waals surface area contributed by atoms with Crippen LogP contribution in [0.4, 0.5) is 0 Å². The van der Waals surface area contributed by atoms with Crippen molar-refractivity contribution in [2.75, 3.05) is 0 Å².